The Labute approximate surface area is 140 Å². The van der Waals surface area contributed by atoms with Gasteiger partial charge in [0.05, 0.1) is 0 Å². The number of hydrogen-bond donors (Lipinski definition) is 1. The van der Waals surface area contributed by atoms with Crippen LogP contribution in [0.4, 0.5) is 0 Å². The number of hydrogen-bond acceptors (Lipinski definition) is 3. The van der Waals surface area contributed by atoms with Crippen LogP contribution in [0.15, 0.2) is 23.4 Å². The van der Waals surface area contributed by atoms with Crippen molar-refractivity contribution in [2.45, 2.75) is 45.0 Å². The SMILES string of the molecule is CC1(NS(=O)(=O)c2cc(Cl)n3cn[c]([Sn]([CH3])([CH3])[CH3])c3c2)CC1. The van der Waals surface area contributed by atoms with Crippen molar-refractivity contribution in [2.75, 3.05) is 0 Å². The number of aromatic nitrogens is 2. The Morgan fingerprint density at radius 2 is 1.95 bits per heavy atom. The van der Waals surface area contributed by atoms with E-state index < -0.39 is 28.4 Å². The van der Waals surface area contributed by atoms with Gasteiger partial charge in [-0.3, -0.25) is 0 Å². The van der Waals surface area contributed by atoms with Crippen LogP contribution in [-0.4, -0.2) is 41.7 Å². The van der Waals surface area contributed by atoms with Gasteiger partial charge < -0.3 is 0 Å². The van der Waals surface area contributed by atoms with Gasteiger partial charge in [-0.25, -0.2) is 0 Å². The molecule has 2 aromatic heterocycles. The minimum absolute atomic E-state index is 0.218. The van der Waals surface area contributed by atoms with Gasteiger partial charge in [0.1, 0.15) is 0 Å². The zero-order valence-electron chi connectivity index (χ0n) is 13.1. The van der Waals surface area contributed by atoms with Crippen LogP contribution in [0.25, 0.3) is 5.52 Å². The van der Waals surface area contributed by atoms with E-state index in [1.165, 1.54) is 6.07 Å². The molecular formula is C14H20ClN3O2SSn. The summed E-state index contributed by atoms with van der Waals surface area (Å²) in [6.45, 7) is 1.92. The summed E-state index contributed by atoms with van der Waals surface area (Å²) in [6.07, 6.45) is 3.43. The van der Waals surface area contributed by atoms with Gasteiger partial charge in [0.15, 0.2) is 0 Å². The summed E-state index contributed by atoms with van der Waals surface area (Å²) >= 11 is 3.82. The van der Waals surface area contributed by atoms with Gasteiger partial charge in [0, 0.05) is 0 Å². The first-order valence-electron chi connectivity index (χ1n) is 7.23. The van der Waals surface area contributed by atoms with E-state index in [0.717, 1.165) is 22.1 Å². The van der Waals surface area contributed by atoms with E-state index in [-0.39, 0.29) is 10.4 Å². The van der Waals surface area contributed by atoms with Gasteiger partial charge >= 0.3 is 140 Å². The maximum absolute atomic E-state index is 12.6. The molecule has 1 aliphatic rings. The summed E-state index contributed by atoms with van der Waals surface area (Å²) in [5, 5.41) is 0.369. The Morgan fingerprint density at radius 1 is 1.32 bits per heavy atom. The van der Waals surface area contributed by atoms with Gasteiger partial charge in [-0.05, 0) is 0 Å². The molecule has 22 heavy (non-hydrogen) atoms. The van der Waals surface area contributed by atoms with Crippen LogP contribution < -0.4 is 8.43 Å². The first-order chi connectivity index (χ1) is 10.0. The van der Waals surface area contributed by atoms with E-state index in [9.17, 15) is 8.42 Å². The predicted molar refractivity (Wildman–Crippen MR) is 91.1 cm³/mol. The van der Waals surface area contributed by atoms with Crippen molar-refractivity contribution in [1.29, 1.82) is 0 Å². The molecule has 0 spiro atoms. The molecule has 2 aromatic rings. The topological polar surface area (TPSA) is 63.5 Å². The van der Waals surface area contributed by atoms with E-state index in [4.69, 9.17) is 11.6 Å². The van der Waals surface area contributed by atoms with E-state index in [0.29, 0.717) is 5.15 Å². The summed E-state index contributed by atoms with van der Waals surface area (Å²) in [7, 11) is -3.56. The average molecular weight is 449 g/mol. The van der Waals surface area contributed by atoms with E-state index >= 15 is 0 Å². The molecular weight excluding hydrogens is 428 g/mol. The van der Waals surface area contributed by atoms with Crippen LogP contribution in [0.1, 0.15) is 19.8 Å². The number of rotatable bonds is 4. The Morgan fingerprint density at radius 3 is 2.50 bits per heavy atom. The fourth-order valence-corrected chi connectivity index (χ4v) is 8.27. The zero-order chi connectivity index (χ0) is 16.3. The molecule has 2 heterocycles. The van der Waals surface area contributed by atoms with E-state index in [1.807, 2.05) is 6.92 Å². The van der Waals surface area contributed by atoms with E-state index in [2.05, 4.69) is 24.5 Å². The van der Waals surface area contributed by atoms with Crippen LogP contribution in [-0.2, 0) is 10.0 Å². The molecule has 8 heteroatoms. The number of pyridine rings is 1. The number of halogens is 1. The maximum atomic E-state index is 12.6. The van der Waals surface area contributed by atoms with Crippen molar-refractivity contribution >= 4 is 49.2 Å². The van der Waals surface area contributed by atoms with Crippen molar-refractivity contribution in [3.63, 3.8) is 0 Å². The normalized spacial score (nSPS) is 17.9. The predicted octanol–water partition coefficient (Wildman–Crippen LogP) is 2.36. The minimum atomic E-state index is -3.56. The number of nitrogens with one attached hydrogen (secondary N) is 1. The van der Waals surface area contributed by atoms with Crippen molar-refractivity contribution in [3.8, 4) is 0 Å². The average Bonchev–Trinajstić information content (AvgIpc) is 2.90. The summed E-state index contributed by atoms with van der Waals surface area (Å²) in [5.41, 5.74) is 0.515. The van der Waals surface area contributed by atoms with Crippen LogP contribution in [0.2, 0.25) is 20.0 Å². The molecule has 1 saturated carbocycles. The van der Waals surface area contributed by atoms with Crippen molar-refractivity contribution in [2.24, 2.45) is 0 Å². The third-order valence-electron chi connectivity index (χ3n) is 3.98. The monoisotopic (exact) mass is 449 g/mol. The number of nitrogens with zero attached hydrogens (tertiary/aromatic N) is 2. The molecule has 1 aliphatic carbocycles. The number of imidazole rings is 1. The molecule has 0 saturated heterocycles. The summed E-state index contributed by atoms with van der Waals surface area (Å²) in [5.74, 6) is 0. The summed E-state index contributed by atoms with van der Waals surface area (Å²) in [6, 6.07) is 3.19. The second kappa shape index (κ2) is 5.09. The van der Waals surface area contributed by atoms with Crippen molar-refractivity contribution in [3.05, 3.63) is 23.6 Å². The summed E-state index contributed by atoms with van der Waals surface area (Å²) in [4.78, 5) is 11.4. The second-order valence-corrected chi connectivity index (χ2v) is 23.5. The molecule has 1 N–H and O–H groups in total. The first kappa shape index (κ1) is 16.5. The molecule has 0 atom stereocenters. The fraction of sp³-hybridized carbons (Fsp3) is 0.500. The van der Waals surface area contributed by atoms with Crippen LogP contribution in [0.3, 0.4) is 0 Å². The van der Waals surface area contributed by atoms with E-state index in [1.54, 1.807) is 16.8 Å². The Balaban J connectivity index is 2.15. The molecule has 0 amide bonds. The molecule has 0 unspecified atom stereocenters. The molecule has 1 fully saturated rings. The standard InChI is InChI=1S/C11H11ClN3O2S.3CH3.Sn/c1-11(2-3-11)14-18(16,17)9-4-8-6-13-7-15(8)10(12)5-9;;;;/h4-5,7,14H,2-3H2,1H3;3*1H3;. The zero-order valence-corrected chi connectivity index (χ0v) is 17.6. The Bertz CT molecular complexity index is 851. The van der Waals surface area contributed by atoms with Gasteiger partial charge in [-0.1, -0.05) is 0 Å². The second-order valence-electron chi connectivity index (χ2n) is 7.28. The van der Waals surface area contributed by atoms with Crippen molar-refractivity contribution in [1.82, 2.24) is 14.1 Å². The van der Waals surface area contributed by atoms with Gasteiger partial charge in [0.2, 0.25) is 0 Å². The third kappa shape index (κ3) is 3.02. The number of sulfonamides is 1. The Kier molecular flexibility index (Phi) is 3.83. The van der Waals surface area contributed by atoms with Crippen LogP contribution in [0.5, 0.6) is 0 Å². The molecule has 0 radical (unpaired) electrons. The molecule has 0 aromatic carbocycles. The van der Waals surface area contributed by atoms with Crippen LogP contribution in [0, 0.1) is 0 Å². The van der Waals surface area contributed by atoms with Gasteiger partial charge in [0.25, 0.3) is 0 Å². The van der Waals surface area contributed by atoms with Crippen molar-refractivity contribution < 1.29 is 8.42 Å². The molecule has 5 nitrogen and oxygen atoms in total. The van der Waals surface area contributed by atoms with Crippen LogP contribution >= 0.6 is 11.6 Å². The van der Waals surface area contributed by atoms with Gasteiger partial charge in [-0.2, -0.15) is 0 Å². The molecule has 120 valence electrons. The molecule has 3 rings (SSSR count). The quantitative estimate of drug-likeness (QED) is 0.577. The fourth-order valence-electron chi connectivity index (χ4n) is 2.44. The molecule has 0 bridgehead atoms. The Hall–Kier alpha value is -0.311. The van der Waals surface area contributed by atoms with Gasteiger partial charge in [-0.15, -0.1) is 0 Å². The summed E-state index contributed by atoms with van der Waals surface area (Å²) < 4.78 is 30.7. The molecule has 0 aliphatic heterocycles. The number of fused-ring (bicyclic) bond motifs is 1. The first-order valence-corrected chi connectivity index (χ1v) is 19.1. The third-order valence-corrected chi connectivity index (χ3v) is 11.0.